The minimum absolute atomic E-state index is 1.28. The Morgan fingerprint density at radius 1 is 1.00 bits per heavy atom. The predicted molar refractivity (Wildman–Crippen MR) is 65.5 cm³/mol. The highest BCUT2D eigenvalue weighted by Gasteiger charge is 2.15. The molecule has 15 heavy (non-hydrogen) atoms. The molecule has 1 aromatic rings. The van der Waals surface area contributed by atoms with Gasteiger partial charge in [0, 0.05) is 19.8 Å². The molecule has 0 aliphatic heterocycles. The Balaban J connectivity index is 2.40. The molecule has 0 atom stereocenters. The van der Waals surface area contributed by atoms with E-state index in [4.69, 9.17) is 0 Å². The van der Waals surface area contributed by atoms with E-state index < -0.39 is 0 Å². The highest BCUT2D eigenvalue weighted by molar-refractivity contribution is 5.67. The van der Waals surface area contributed by atoms with Crippen LogP contribution in [0.3, 0.4) is 0 Å². The molecule has 0 spiro atoms. The molecule has 0 bridgehead atoms. The molecular formula is C14H19N. The second-order valence-corrected chi connectivity index (χ2v) is 4.42. The van der Waals surface area contributed by atoms with Crippen molar-refractivity contribution in [1.29, 1.82) is 0 Å². The molecule has 1 saturated carbocycles. The van der Waals surface area contributed by atoms with Gasteiger partial charge >= 0.3 is 0 Å². The lowest BCUT2D eigenvalue weighted by Crippen LogP contribution is -2.11. The van der Waals surface area contributed by atoms with Gasteiger partial charge in [0.05, 0.1) is 0 Å². The molecular weight excluding hydrogens is 182 g/mol. The summed E-state index contributed by atoms with van der Waals surface area (Å²) in [4.78, 5) is 2.26. The van der Waals surface area contributed by atoms with Gasteiger partial charge in [-0.2, -0.15) is 0 Å². The molecule has 1 aromatic carbocycles. The minimum Gasteiger partial charge on any atom is -0.377 e. The van der Waals surface area contributed by atoms with Crippen LogP contribution < -0.4 is 0 Å². The molecule has 0 unspecified atom stereocenters. The van der Waals surface area contributed by atoms with Crippen LogP contribution in [0.1, 0.15) is 31.2 Å². The summed E-state index contributed by atoms with van der Waals surface area (Å²) in [6.07, 6.45) is 5.28. The second-order valence-electron chi connectivity index (χ2n) is 4.42. The van der Waals surface area contributed by atoms with Crippen LogP contribution in [-0.4, -0.2) is 19.0 Å². The van der Waals surface area contributed by atoms with Crippen molar-refractivity contribution < 1.29 is 0 Å². The van der Waals surface area contributed by atoms with Crippen LogP contribution >= 0.6 is 0 Å². The maximum Gasteiger partial charge on any atom is 0.0426 e. The van der Waals surface area contributed by atoms with Crippen molar-refractivity contribution in [3.05, 3.63) is 41.5 Å². The van der Waals surface area contributed by atoms with Gasteiger partial charge < -0.3 is 4.90 Å². The number of rotatable bonds is 2. The number of benzene rings is 1. The van der Waals surface area contributed by atoms with E-state index in [2.05, 4.69) is 49.3 Å². The first-order valence-corrected chi connectivity index (χ1v) is 5.74. The molecule has 1 heteroatoms. The van der Waals surface area contributed by atoms with Crippen molar-refractivity contribution in [2.24, 2.45) is 0 Å². The molecule has 0 radical (unpaired) electrons. The quantitative estimate of drug-likeness (QED) is 0.707. The number of allylic oxidation sites excluding steroid dienone is 1. The topological polar surface area (TPSA) is 3.24 Å². The van der Waals surface area contributed by atoms with Gasteiger partial charge in [-0.3, -0.25) is 0 Å². The van der Waals surface area contributed by atoms with Crippen LogP contribution in [0.25, 0.3) is 5.70 Å². The Hall–Kier alpha value is -1.24. The lowest BCUT2D eigenvalue weighted by Gasteiger charge is -2.20. The molecule has 80 valence electrons. The standard InChI is InChI=1S/C14H19N/c1-15(2)14(13-10-6-7-11-13)12-8-4-3-5-9-12/h3-5,8-9H,6-7,10-11H2,1-2H3. The SMILES string of the molecule is CN(C)C(=C1CCCC1)c1ccccc1. The summed E-state index contributed by atoms with van der Waals surface area (Å²) in [5.74, 6) is 0. The van der Waals surface area contributed by atoms with Gasteiger partial charge in [0.15, 0.2) is 0 Å². The minimum atomic E-state index is 1.28. The smallest absolute Gasteiger partial charge is 0.0426 e. The van der Waals surface area contributed by atoms with Crippen LogP contribution in [0.2, 0.25) is 0 Å². The summed E-state index contributed by atoms with van der Waals surface area (Å²) in [5.41, 5.74) is 4.43. The number of nitrogens with zero attached hydrogens (tertiary/aromatic N) is 1. The number of hydrogen-bond donors (Lipinski definition) is 0. The normalized spacial score (nSPS) is 15.5. The van der Waals surface area contributed by atoms with Crippen LogP contribution in [0.15, 0.2) is 35.9 Å². The van der Waals surface area contributed by atoms with Crippen molar-refractivity contribution in [2.75, 3.05) is 14.1 Å². The Labute approximate surface area is 92.4 Å². The monoisotopic (exact) mass is 201 g/mol. The van der Waals surface area contributed by atoms with E-state index in [9.17, 15) is 0 Å². The summed E-state index contributed by atoms with van der Waals surface area (Å²) >= 11 is 0. The van der Waals surface area contributed by atoms with Crippen molar-refractivity contribution in [1.82, 2.24) is 4.90 Å². The highest BCUT2D eigenvalue weighted by atomic mass is 15.1. The summed E-state index contributed by atoms with van der Waals surface area (Å²) < 4.78 is 0. The second kappa shape index (κ2) is 4.52. The van der Waals surface area contributed by atoms with E-state index in [-0.39, 0.29) is 0 Å². The van der Waals surface area contributed by atoms with Gasteiger partial charge in [-0.15, -0.1) is 0 Å². The zero-order valence-electron chi connectivity index (χ0n) is 9.66. The average molecular weight is 201 g/mol. The van der Waals surface area contributed by atoms with Crippen molar-refractivity contribution >= 4 is 5.70 Å². The van der Waals surface area contributed by atoms with Crippen molar-refractivity contribution in [3.63, 3.8) is 0 Å². The molecule has 2 rings (SSSR count). The Morgan fingerprint density at radius 2 is 1.60 bits per heavy atom. The zero-order chi connectivity index (χ0) is 10.7. The van der Waals surface area contributed by atoms with Gasteiger partial charge in [0.1, 0.15) is 0 Å². The summed E-state index contributed by atoms with van der Waals surface area (Å²) in [6.45, 7) is 0. The molecule has 1 aliphatic rings. The Kier molecular flexibility index (Phi) is 3.10. The Morgan fingerprint density at radius 3 is 2.13 bits per heavy atom. The summed E-state index contributed by atoms with van der Waals surface area (Å²) in [7, 11) is 4.29. The lowest BCUT2D eigenvalue weighted by molar-refractivity contribution is 0.585. The van der Waals surface area contributed by atoms with E-state index in [1.165, 1.54) is 36.9 Å². The third-order valence-corrected chi connectivity index (χ3v) is 3.04. The predicted octanol–water partition coefficient (Wildman–Crippen LogP) is 3.53. The van der Waals surface area contributed by atoms with E-state index >= 15 is 0 Å². The van der Waals surface area contributed by atoms with E-state index in [1.807, 2.05) is 0 Å². The molecule has 1 fully saturated rings. The molecule has 0 heterocycles. The van der Waals surface area contributed by atoms with E-state index in [0.29, 0.717) is 0 Å². The number of hydrogen-bond acceptors (Lipinski definition) is 1. The van der Waals surface area contributed by atoms with Crippen LogP contribution in [0.5, 0.6) is 0 Å². The molecule has 0 saturated heterocycles. The fourth-order valence-electron chi connectivity index (χ4n) is 2.41. The lowest BCUT2D eigenvalue weighted by atomic mass is 10.0. The maximum absolute atomic E-state index is 2.26. The first kappa shape index (κ1) is 10.3. The maximum atomic E-state index is 2.26. The zero-order valence-corrected chi connectivity index (χ0v) is 9.66. The van der Waals surface area contributed by atoms with Crippen LogP contribution in [-0.2, 0) is 0 Å². The Bertz CT molecular complexity index is 341. The fraction of sp³-hybridized carbons (Fsp3) is 0.429. The van der Waals surface area contributed by atoms with Gasteiger partial charge in [-0.1, -0.05) is 30.3 Å². The summed E-state index contributed by atoms with van der Waals surface area (Å²) in [6, 6.07) is 10.7. The van der Waals surface area contributed by atoms with Gasteiger partial charge in [0.25, 0.3) is 0 Å². The fourth-order valence-corrected chi connectivity index (χ4v) is 2.41. The molecule has 0 N–H and O–H groups in total. The largest absolute Gasteiger partial charge is 0.377 e. The average Bonchev–Trinajstić information content (AvgIpc) is 2.72. The van der Waals surface area contributed by atoms with Crippen molar-refractivity contribution in [3.8, 4) is 0 Å². The molecule has 0 aromatic heterocycles. The van der Waals surface area contributed by atoms with Crippen LogP contribution in [0.4, 0.5) is 0 Å². The first-order valence-electron chi connectivity index (χ1n) is 5.74. The van der Waals surface area contributed by atoms with Gasteiger partial charge in [-0.25, -0.2) is 0 Å². The molecule has 0 amide bonds. The van der Waals surface area contributed by atoms with E-state index in [1.54, 1.807) is 5.57 Å². The third kappa shape index (κ3) is 2.23. The highest BCUT2D eigenvalue weighted by Crippen LogP contribution is 2.32. The molecule has 1 aliphatic carbocycles. The van der Waals surface area contributed by atoms with Gasteiger partial charge in [0.2, 0.25) is 0 Å². The van der Waals surface area contributed by atoms with E-state index in [0.717, 1.165) is 0 Å². The summed E-state index contributed by atoms with van der Waals surface area (Å²) in [5, 5.41) is 0. The molecule has 1 nitrogen and oxygen atoms in total. The van der Waals surface area contributed by atoms with Crippen LogP contribution in [0, 0.1) is 0 Å². The van der Waals surface area contributed by atoms with Crippen molar-refractivity contribution in [2.45, 2.75) is 25.7 Å². The first-order chi connectivity index (χ1) is 7.29. The van der Waals surface area contributed by atoms with Gasteiger partial charge in [-0.05, 0) is 36.8 Å². The third-order valence-electron chi connectivity index (χ3n) is 3.04.